The summed E-state index contributed by atoms with van der Waals surface area (Å²) in [5.74, 6) is 0. The minimum atomic E-state index is -0.440. The summed E-state index contributed by atoms with van der Waals surface area (Å²) >= 11 is 3.76. The Morgan fingerprint density at radius 2 is 1.08 bits per heavy atom. The summed E-state index contributed by atoms with van der Waals surface area (Å²) < 4.78 is 3.61. The summed E-state index contributed by atoms with van der Waals surface area (Å²) in [6, 6.07) is 71.8. The Morgan fingerprint density at radius 3 is 1.85 bits per heavy atom. The lowest BCUT2D eigenvalue weighted by molar-refractivity contribution is 0.768. The second-order valence-electron chi connectivity index (χ2n) is 14.1. The maximum Gasteiger partial charge on any atom is 0.0713 e. The summed E-state index contributed by atoms with van der Waals surface area (Å²) in [5, 5.41) is 7.54. The zero-order chi connectivity index (χ0) is 35.1. The van der Waals surface area contributed by atoms with Gasteiger partial charge in [-0.2, -0.15) is 0 Å². The minimum absolute atomic E-state index is 0.440. The van der Waals surface area contributed by atoms with Crippen LogP contribution in [0.5, 0.6) is 0 Å². The first-order valence-corrected chi connectivity index (χ1v) is 19.0. The molecule has 0 saturated carbocycles. The average Bonchev–Trinajstić information content (AvgIpc) is 3.72. The lowest BCUT2D eigenvalue weighted by Gasteiger charge is -2.33. The Labute approximate surface area is 316 Å². The predicted molar refractivity (Wildman–Crippen MR) is 226 cm³/mol. The number of fused-ring (bicyclic) bond motifs is 10. The summed E-state index contributed by atoms with van der Waals surface area (Å²) in [5.41, 5.74) is 13.3. The van der Waals surface area contributed by atoms with Crippen LogP contribution >= 0.6 is 15.9 Å². The van der Waals surface area contributed by atoms with Crippen molar-refractivity contribution in [2.24, 2.45) is 0 Å². The first-order valence-electron chi connectivity index (χ1n) is 18.2. The van der Waals surface area contributed by atoms with Crippen LogP contribution in [0, 0.1) is 0 Å². The van der Waals surface area contributed by atoms with Gasteiger partial charge >= 0.3 is 0 Å². The zero-order valence-corrected chi connectivity index (χ0v) is 30.4. The summed E-state index contributed by atoms with van der Waals surface area (Å²) in [6.45, 7) is 0. The van der Waals surface area contributed by atoms with Crippen LogP contribution in [0.25, 0.3) is 71.3 Å². The van der Waals surface area contributed by atoms with Gasteiger partial charge in [-0.05, 0) is 91.0 Å². The van der Waals surface area contributed by atoms with Crippen molar-refractivity contribution in [3.63, 3.8) is 0 Å². The smallest absolute Gasteiger partial charge is 0.0713 e. The number of hydrogen-bond acceptors (Lipinski definition) is 0. The lowest BCUT2D eigenvalue weighted by Crippen LogP contribution is -2.28. The fourth-order valence-electron chi connectivity index (χ4n) is 9.38. The maximum atomic E-state index is 3.76. The molecule has 1 aromatic heterocycles. The van der Waals surface area contributed by atoms with E-state index >= 15 is 0 Å². The molecule has 1 aliphatic carbocycles. The summed E-state index contributed by atoms with van der Waals surface area (Å²) in [6.07, 6.45) is 0. The van der Waals surface area contributed by atoms with Crippen LogP contribution in [-0.2, 0) is 5.41 Å². The Bertz CT molecular complexity index is 3020. The van der Waals surface area contributed by atoms with E-state index in [-0.39, 0.29) is 0 Å². The Morgan fingerprint density at radius 1 is 0.415 bits per heavy atom. The maximum absolute atomic E-state index is 3.76. The molecule has 0 spiro atoms. The fourth-order valence-corrected chi connectivity index (χ4v) is 9.78. The van der Waals surface area contributed by atoms with Crippen molar-refractivity contribution in [1.82, 2.24) is 4.57 Å². The van der Waals surface area contributed by atoms with Crippen LogP contribution in [0.4, 0.5) is 0 Å². The molecule has 1 nitrogen and oxygen atoms in total. The van der Waals surface area contributed by atoms with E-state index in [4.69, 9.17) is 0 Å². The van der Waals surface area contributed by atoms with Gasteiger partial charge in [0.2, 0.25) is 0 Å². The van der Waals surface area contributed by atoms with E-state index in [0.717, 1.165) is 10.2 Å². The summed E-state index contributed by atoms with van der Waals surface area (Å²) in [4.78, 5) is 0. The van der Waals surface area contributed by atoms with Gasteiger partial charge in [0.15, 0.2) is 0 Å². The van der Waals surface area contributed by atoms with Gasteiger partial charge in [0.25, 0.3) is 0 Å². The van der Waals surface area contributed by atoms with Crippen LogP contribution in [-0.4, -0.2) is 4.57 Å². The highest BCUT2D eigenvalue weighted by molar-refractivity contribution is 9.10. The molecule has 1 heterocycles. The molecule has 248 valence electrons. The Balaban J connectivity index is 1.29. The van der Waals surface area contributed by atoms with Gasteiger partial charge in [-0.15, -0.1) is 0 Å². The highest BCUT2D eigenvalue weighted by Crippen LogP contribution is 2.56. The zero-order valence-electron chi connectivity index (χ0n) is 28.8. The first kappa shape index (κ1) is 30.4. The lowest BCUT2D eigenvalue weighted by atomic mass is 9.68. The molecular formula is C51H32BrN. The van der Waals surface area contributed by atoms with E-state index in [0.29, 0.717) is 0 Å². The van der Waals surface area contributed by atoms with Gasteiger partial charge < -0.3 is 4.57 Å². The molecule has 1 aliphatic rings. The Kier molecular flexibility index (Phi) is 6.68. The van der Waals surface area contributed by atoms with E-state index in [9.17, 15) is 0 Å². The molecule has 0 amide bonds. The van der Waals surface area contributed by atoms with Crippen molar-refractivity contribution >= 4 is 59.3 Å². The van der Waals surface area contributed by atoms with Crippen LogP contribution < -0.4 is 0 Å². The van der Waals surface area contributed by atoms with Gasteiger partial charge in [0, 0.05) is 26.3 Å². The third-order valence-corrected chi connectivity index (χ3v) is 12.0. The summed E-state index contributed by atoms with van der Waals surface area (Å²) in [7, 11) is 0. The number of aromatic nitrogens is 1. The van der Waals surface area contributed by atoms with Crippen molar-refractivity contribution in [1.29, 1.82) is 0 Å². The predicted octanol–water partition coefficient (Wildman–Crippen LogP) is 13.9. The topological polar surface area (TPSA) is 4.93 Å². The quantitative estimate of drug-likeness (QED) is 0.169. The largest absolute Gasteiger partial charge is 0.309 e. The SMILES string of the molecule is Brc1cccc(-c2cc3c(c4ccccc24)c2ccc4ccccc4c2n3-c2ccc3c(c2)-c2ccccc2C3(c2ccccc2)c2ccccc2)c1. The molecule has 0 fully saturated rings. The number of hydrogen-bond donors (Lipinski definition) is 0. The molecule has 0 radical (unpaired) electrons. The van der Waals surface area contributed by atoms with Crippen molar-refractivity contribution in [3.8, 4) is 27.9 Å². The van der Waals surface area contributed by atoms with Crippen LogP contribution in [0.2, 0.25) is 0 Å². The Hall–Kier alpha value is -6.22. The molecule has 0 bridgehead atoms. The standard InChI is InChI=1S/C51H32BrN/c52-37-20-13-15-34(30-37)44-32-48-49(42-24-10-9-22-40(42)44)43-28-26-33-14-7-8-21-39(33)50(43)53(48)38-27-29-47-45(31-38)41-23-11-12-25-46(41)51(47,35-16-3-1-4-17-35)36-18-5-2-6-19-36/h1-32H. The minimum Gasteiger partial charge on any atom is -0.309 e. The molecule has 0 saturated heterocycles. The van der Waals surface area contributed by atoms with E-state index in [1.807, 2.05) is 0 Å². The number of benzene rings is 9. The van der Waals surface area contributed by atoms with Gasteiger partial charge in [0.1, 0.15) is 0 Å². The van der Waals surface area contributed by atoms with Crippen LogP contribution in [0.1, 0.15) is 22.3 Å². The third-order valence-electron chi connectivity index (χ3n) is 11.5. The normalized spacial score (nSPS) is 13.2. The van der Waals surface area contributed by atoms with Gasteiger partial charge in [-0.1, -0.05) is 180 Å². The van der Waals surface area contributed by atoms with Gasteiger partial charge in [-0.25, -0.2) is 0 Å². The van der Waals surface area contributed by atoms with Crippen molar-refractivity contribution in [2.45, 2.75) is 5.41 Å². The molecule has 0 atom stereocenters. The second kappa shape index (κ2) is 11.6. The number of nitrogens with zero attached hydrogens (tertiary/aromatic N) is 1. The molecule has 2 heteroatoms. The molecule has 9 aromatic carbocycles. The van der Waals surface area contributed by atoms with Gasteiger partial charge in [0.05, 0.1) is 16.4 Å². The van der Waals surface area contributed by atoms with E-state index in [2.05, 4.69) is 215 Å². The molecule has 11 rings (SSSR count). The molecule has 10 aromatic rings. The monoisotopic (exact) mass is 737 g/mol. The van der Waals surface area contributed by atoms with Crippen molar-refractivity contribution < 1.29 is 0 Å². The highest BCUT2D eigenvalue weighted by Gasteiger charge is 2.46. The van der Waals surface area contributed by atoms with E-state index < -0.39 is 5.41 Å². The molecule has 0 N–H and O–H groups in total. The highest BCUT2D eigenvalue weighted by atomic mass is 79.9. The van der Waals surface area contributed by atoms with Crippen molar-refractivity contribution in [2.75, 3.05) is 0 Å². The van der Waals surface area contributed by atoms with Crippen LogP contribution in [0.3, 0.4) is 0 Å². The van der Waals surface area contributed by atoms with E-state index in [1.54, 1.807) is 0 Å². The molecular weight excluding hydrogens is 706 g/mol. The second-order valence-corrected chi connectivity index (χ2v) is 15.1. The number of rotatable bonds is 4. The molecule has 0 aliphatic heterocycles. The van der Waals surface area contributed by atoms with Gasteiger partial charge in [-0.3, -0.25) is 0 Å². The molecule has 53 heavy (non-hydrogen) atoms. The first-order chi connectivity index (χ1) is 26.2. The van der Waals surface area contributed by atoms with Crippen molar-refractivity contribution in [3.05, 3.63) is 221 Å². The average molecular weight is 739 g/mol. The molecule has 0 unspecified atom stereocenters. The van der Waals surface area contributed by atoms with Crippen LogP contribution in [0.15, 0.2) is 199 Å². The third kappa shape index (κ3) is 4.30. The van der Waals surface area contributed by atoms with E-state index in [1.165, 1.54) is 87.9 Å². The fraction of sp³-hybridized carbons (Fsp3) is 0.0196. The number of halogens is 1.